The van der Waals surface area contributed by atoms with E-state index >= 15 is 0 Å². The van der Waals surface area contributed by atoms with Gasteiger partial charge in [-0.05, 0) is 83.6 Å². The van der Waals surface area contributed by atoms with Gasteiger partial charge in [-0.25, -0.2) is 4.98 Å². The van der Waals surface area contributed by atoms with Gasteiger partial charge in [-0.2, -0.15) is 0 Å². The largest absolute Gasteiger partial charge is 0.456 e. The maximum Gasteiger partial charge on any atom is 0.145 e. The lowest BCUT2D eigenvalue weighted by Crippen LogP contribution is -2.08. The molecule has 0 aliphatic heterocycles. The number of hydrogen-bond donors (Lipinski definition) is 0. The van der Waals surface area contributed by atoms with Crippen molar-refractivity contribution >= 4 is 54.8 Å². The summed E-state index contributed by atoms with van der Waals surface area (Å²) in [6.07, 6.45) is 0. The van der Waals surface area contributed by atoms with Crippen molar-refractivity contribution in [1.29, 1.82) is 0 Å². The standard InChI is InChI=1S/C43H35N3O/c1-26(2)30-14-11-15-31(27(3)4)42(30)46-39-18-9-7-16-36(39)44-43(46)28-20-22-38-34(24-28)32-12-5-8-17-37(32)45(38)29-21-23-41-35(25-29)33-13-6-10-19-40(33)47-41/h5-27H,1-4H3. The van der Waals surface area contributed by atoms with E-state index in [1.54, 1.807) is 0 Å². The Balaban J connectivity index is 1.31. The van der Waals surface area contributed by atoms with Crippen molar-refractivity contribution in [1.82, 2.24) is 14.1 Å². The molecule has 0 N–H and O–H groups in total. The first-order valence-electron chi connectivity index (χ1n) is 16.5. The minimum absolute atomic E-state index is 0.364. The van der Waals surface area contributed by atoms with Crippen molar-refractivity contribution in [3.05, 3.63) is 139 Å². The summed E-state index contributed by atoms with van der Waals surface area (Å²) in [5.74, 6) is 1.69. The topological polar surface area (TPSA) is 35.9 Å². The van der Waals surface area contributed by atoms with Crippen LogP contribution in [0.15, 0.2) is 132 Å². The van der Waals surface area contributed by atoms with Crippen LogP contribution in [0.2, 0.25) is 0 Å². The minimum Gasteiger partial charge on any atom is -0.456 e. The molecule has 0 amide bonds. The van der Waals surface area contributed by atoms with Crippen LogP contribution in [0.3, 0.4) is 0 Å². The summed E-state index contributed by atoms with van der Waals surface area (Å²) >= 11 is 0. The van der Waals surface area contributed by atoms with Crippen molar-refractivity contribution in [2.24, 2.45) is 0 Å². The Morgan fingerprint density at radius 3 is 1.96 bits per heavy atom. The average Bonchev–Trinajstić information content (AvgIpc) is 3.77. The summed E-state index contributed by atoms with van der Waals surface area (Å²) in [7, 11) is 0. The van der Waals surface area contributed by atoms with Crippen molar-refractivity contribution in [3.63, 3.8) is 0 Å². The van der Waals surface area contributed by atoms with Gasteiger partial charge in [0, 0.05) is 32.8 Å². The Labute approximate surface area is 273 Å². The third-order valence-electron chi connectivity index (χ3n) is 9.68. The molecule has 0 atom stereocenters. The number of para-hydroxylation sites is 5. The first kappa shape index (κ1) is 27.7. The summed E-state index contributed by atoms with van der Waals surface area (Å²) in [5.41, 5.74) is 12.4. The molecular weight excluding hydrogens is 574 g/mol. The molecule has 0 spiro atoms. The number of furan rings is 1. The van der Waals surface area contributed by atoms with E-state index in [4.69, 9.17) is 9.40 Å². The highest BCUT2D eigenvalue weighted by atomic mass is 16.3. The average molecular weight is 610 g/mol. The Kier molecular flexibility index (Phi) is 6.16. The molecule has 47 heavy (non-hydrogen) atoms. The second-order valence-electron chi connectivity index (χ2n) is 13.2. The molecule has 6 aromatic carbocycles. The van der Waals surface area contributed by atoms with Crippen LogP contribution in [0.5, 0.6) is 0 Å². The summed E-state index contributed by atoms with van der Waals surface area (Å²) in [6, 6.07) is 45.6. The molecule has 0 radical (unpaired) electrons. The summed E-state index contributed by atoms with van der Waals surface area (Å²) in [5, 5.41) is 4.68. The molecule has 4 heteroatoms. The van der Waals surface area contributed by atoms with Crippen LogP contribution >= 0.6 is 0 Å². The molecule has 0 aliphatic rings. The third-order valence-corrected chi connectivity index (χ3v) is 9.68. The van der Waals surface area contributed by atoms with Gasteiger partial charge < -0.3 is 8.98 Å². The number of nitrogens with zero attached hydrogens (tertiary/aromatic N) is 3. The molecule has 4 nitrogen and oxygen atoms in total. The van der Waals surface area contributed by atoms with Gasteiger partial charge in [0.15, 0.2) is 0 Å². The van der Waals surface area contributed by atoms with E-state index in [-0.39, 0.29) is 0 Å². The molecule has 0 unspecified atom stereocenters. The smallest absolute Gasteiger partial charge is 0.145 e. The second-order valence-corrected chi connectivity index (χ2v) is 13.2. The van der Waals surface area contributed by atoms with Crippen LogP contribution in [0.1, 0.15) is 50.7 Å². The maximum atomic E-state index is 6.16. The van der Waals surface area contributed by atoms with Crippen LogP contribution in [0.4, 0.5) is 0 Å². The van der Waals surface area contributed by atoms with Crippen LogP contribution in [-0.4, -0.2) is 14.1 Å². The van der Waals surface area contributed by atoms with Gasteiger partial charge >= 0.3 is 0 Å². The van der Waals surface area contributed by atoms with Gasteiger partial charge in [-0.15, -0.1) is 0 Å². The molecule has 228 valence electrons. The predicted octanol–water partition coefficient (Wildman–Crippen LogP) is 11.9. The van der Waals surface area contributed by atoms with E-state index in [1.807, 2.05) is 12.1 Å². The zero-order valence-corrected chi connectivity index (χ0v) is 27.0. The van der Waals surface area contributed by atoms with E-state index in [2.05, 4.69) is 152 Å². The Morgan fingerprint density at radius 2 is 1.17 bits per heavy atom. The monoisotopic (exact) mass is 609 g/mol. The zero-order chi connectivity index (χ0) is 31.8. The van der Waals surface area contributed by atoms with Crippen LogP contribution in [0, 0.1) is 0 Å². The van der Waals surface area contributed by atoms with Gasteiger partial charge in [0.1, 0.15) is 17.0 Å². The first-order chi connectivity index (χ1) is 23.0. The molecule has 0 saturated carbocycles. The number of rotatable bonds is 5. The Bertz CT molecular complexity index is 2620. The predicted molar refractivity (Wildman–Crippen MR) is 196 cm³/mol. The fraction of sp³-hybridized carbons (Fsp3) is 0.140. The third kappa shape index (κ3) is 4.18. The van der Waals surface area contributed by atoms with Gasteiger partial charge in [0.25, 0.3) is 0 Å². The van der Waals surface area contributed by atoms with Crippen LogP contribution in [0.25, 0.3) is 77.5 Å². The molecule has 3 aromatic heterocycles. The van der Waals surface area contributed by atoms with Crippen molar-refractivity contribution in [2.45, 2.75) is 39.5 Å². The molecule has 3 heterocycles. The molecular formula is C43H35N3O. The lowest BCUT2D eigenvalue weighted by Gasteiger charge is -2.22. The molecule has 0 saturated heterocycles. The van der Waals surface area contributed by atoms with Crippen LogP contribution in [-0.2, 0) is 0 Å². The molecule has 0 fully saturated rings. The zero-order valence-electron chi connectivity index (χ0n) is 27.0. The summed E-state index contributed by atoms with van der Waals surface area (Å²) < 4.78 is 11.0. The van der Waals surface area contributed by atoms with E-state index in [9.17, 15) is 0 Å². The maximum absolute atomic E-state index is 6.16. The van der Waals surface area contributed by atoms with E-state index in [0.717, 1.165) is 55.6 Å². The number of aromatic nitrogens is 3. The SMILES string of the molecule is CC(C)c1cccc(C(C)C)c1-n1c(-c2ccc3c(c2)c2ccccc2n3-c2ccc3oc4ccccc4c3c2)nc2ccccc21. The van der Waals surface area contributed by atoms with Gasteiger partial charge in [0.05, 0.1) is 27.8 Å². The molecule has 0 bridgehead atoms. The number of hydrogen-bond acceptors (Lipinski definition) is 2. The highest BCUT2D eigenvalue weighted by molar-refractivity contribution is 6.11. The normalized spacial score (nSPS) is 12.2. The molecule has 0 aliphatic carbocycles. The summed E-state index contributed by atoms with van der Waals surface area (Å²) in [4.78, 5) is 5.31. The number of imidazole rings is 1. The summed E-state index contributed by atoms with van der Waals surface area (Å²) in [6.45, 7) is 9.14. The van der Waals surface area contributed by atoms with Crippen molar-refractivity contribution in [2.75, 3.05) is 0 Å². The van der Waals surface area contributed by atoms with E-state index in [0.29, 0.717) is 11.8 Å². The molecule has 9 aromatic rings. The van der Waals surface area contributed by atoms with E-state index < -0.39 is 0 Å². The fourth-order valence-electron chi connectivity index (χ4n) is 7.46. The van der Waals surface area contributed by atoms with Gasteiger partial charge in [0.2, 0.25) is 0 Å². The lowest BCUT2D eigenvalue weighted by atomic mass is 9.92. The lowest BCUT2D eigenvalue weighted by molar-refractivity contribution is 0.669. The van der Waals surface area contributed by atoms with Crippen LogP contribution < -0.4 is 0 Å². The fourth-order valence-corrected chi connectivity index (χ4v) is 7.46. The molecule has 9 rings (SSSR count). The van der Waals surface area contributed by atoms with Crippen molar-refractivity contribution in [3.8, 4) is 22.8 Å². The van der Waals surface area contributed by atoms with E-state index in [1.165, 1.54) is 33.1 Å². The quantitative estimate of drug-likeness (QED) is 0.195. The Hall–Kier alpha value is -5.61. The Morgan fingerprint density at radius 1 is 0.511 bits per heavy atom. The van der Waals surface area contributed by atoms with Gasteiger partial charge in [-0.3, -0.25) is 4.57 Å². The highest BCUT2D eigenvalue weighted by Gasteiger charge is 2.23. The number of benzene rings is 6. The number of fused-ring (bicyclic) bond motifs is 7. The van der Waals surface area contributed by atoms with Gasteiger partial charge in [-0.1, -0.05) is 94.4 Å². The highest BCUT2D eigenvalue weighted by Crippen LogP contribution is 2.40. The second kappa shape index (κ2) is 10.5. The van der Waals surface area contributed by atoms with Crippen molar-refractivity contribution < 1.29 is 4.42 Å². The minimum atomic E-state index is 0.364. The first-order valence-corrected chi connectivity index (χ1v) is 16.5.